The molecule has 0 spiro atoms. The lowest BCUT2D eigenvalue weighted by Crippen LogP contribution is -2.01. The van der Waals surface area contributed by atoms with Crippen molar-refractivity contribution in [2.75, 3.05) is 11.6 Å². The van der Waals surface area contributed by atoms with Crippen molar-refractivity contribution in [3.8, 4) is 0 Å². The quantitative estimate of drug-likeness (QED) is 0.548. The summed E-state index contributed by atoms with van der Waals surface area (Å²) in [7, 11) is 1.83. The highest BCUT2D eigenvalue weighted by Gasteiger charge is 2.05. The number of nitrogens with zero attached hydrogens (tertiary/aromatic N) is 4. The summed E-state index contributed by atoms with van der Waals surface area (Å²) < 4.78 is 1.66. The molecular weight excluding hydrogens is 196 g/mol. The highest BCUT2D eigenvalue weighted by atomic mass is 35.5. The largest absolute Gasteiger partial charge is 0.224 e. The Balaban J connectivity index is 2.38. The Morgan fingerprint density at radius 2 is 2.42 bits per heavy atom. The van der Waals surface area contributed by atoms with Gasteiger partial charge in [-0.1, -0.05) is 18.7 Å². The van der Waals surface area contributed by atoms with Crippen molar-refractivity contribution in [2.45, 2.75) is 12.1 Å². The molecule has 0 aliphatic rings. The van der Waals surface area contributed by atoms with Crippen LogP contribution in [0.1, 0.15) is 6.92 Å². The van der Waals surface area contributed by atoms with Gasteiger partial charge in [0.2, 0.25) is 5.16 Å². The molecule has 1 heterocycles. The summed E-state index contributed by atoms with van der Waals surface area (Å²) >= 11 is 7.29. The van der Waals surface area contributed by atoms with Gasteiger partial charge in [0, 0.05) is 18.7 Å². The maximum absolute atomic E-state index is 5.66. The van der Waals surface area contributed by atoms with Crippen LogP contribution in [0.25, 0.3) is 0 Å². The minimum atomic E-state index is 0.494. The highest BCUT2D eigenvalue weighted by Crippen LogP contribution is 2.16. The van der Waals surface area contributed by atoms with E-state index in [4.69, 9.17) is 11.6 Å². The maximum Gasteiger partial charge on any atom is 0.209 e. The number of tetrazole rings is 1. The molecule has 1 rings (SSSR count). The molecule has 0 saturated carbocycles. The Hall–Kier alpha value is -0.290. The van der Waals surface area contributed by atoms with Crippen molar-refractivity contribution >= 4 is 23.4 Å². The van der Waals surface area contributed by atoms with Crippen LogP contribution in [0.4, 0.5) is 0 Å². The second kappa shape index (κ2) is 4.67. The third-order valence-electron chi connectivity index (χ3n) is 1.34. The zero-order chi connectivity index (χ0) is 8.97. The summed E-state index contributed by atoms with van der Waals surface area (Å²) in [6.45, 7) is 2.10. The second-order valence-electron chi connectivity index (χ2n) is 2.66. The predicted octanol–water partition coefficient (Wildman–Crippen LogP) is 1.18. The van der Waals surface area contributed by atoms with Crippen molar-refractivity contribution in [3.63, 3.8) is 0 Å². The molecule has 0 saturated heterocycles. The van der Waals surface area contributed by atoms with E-state index in [1.807, 2.05) is 7.05 Å². The molecule has 4 nitrogen and oxygen atoms in total. The number of hydrogen-bond acceptors (Lipinski definition) is 4. The Labute approximate surface area is 80.7 Å². The van der Waals surface area contributed by atoms with Gasteiger partial charge in [-0.15, -0.1) is 16.7 Å². The smallest absolute Gasteiger partial charge is 0.209 e. The van der Waals surface area contributed by atoms with Gasteiger partial charge in [0.1, 0.15) is 0 Å². The van der Waals surface area contributed by atoms with E-state index < -0.39 is 0 Å². The van der Waals surface area contributed by atoms with Gasteiger partial charge < -0.3 is 0 Å². The lowest BCUT2D eigenvalue weighted by molar-refractivity contribution is 0.662. The molecule has 1 unspecified atom stereocenters. The molecule has 0 aliphatic carbocycles. The zero-order valence-electron chi connectivity index (χ0n) is 7.07. The normalized spacial score (nSPS) is 13.2. The number of alkyl halides is 1. The summed E-state index contributed by atoms with van der Waals surface area (Å²) in [5.41, 5.74) is 0. The van der Waals surface area contributed by atoms with E-state index in [9.17, 15) is 0 Å². The molecule has 0 bridgehead atoms. The third-order valence-corrected chi connectivity index (χ3v) is 3.21. The molecular formula is C6H11ClN4S. The predicted molar refractivity (Wildman–Crippen MR) is 49.4 cm³/mol. The van der Waals surface area contributed by atoms with Crippen molar-refractivity contribution < 1.29 is 0 Å². The SMILES string of the molecule is CC(CCl)CSc1nnnn1C. The van der Waals surface area contributed by atoms with Gasteiger partial charge in [0.05, 0.1) is 0 Å². The summed E-state index contributed by atoms with van der Waals surface area (Å²) in [5, 5.41) is 11.9. The van der Waals surface area contributed by atoms with Crippen LogP contribution in [-0.2, 0) is 7.05 Å². The standard InChI is InChI=1S/C6H11ClN4S/c1-5(3-7)4-12-6-8-9-10-11(6)2/h5H,3-4H2,1-2H3. The van der Waals surface area contributed by atoms with Gasteiger partial charge in [-0.2, -0.15) is 0 Å². The fraction of sp³-hybridized carbons (Fsp3) is 0.833. The summed E-state index contributed by atoms with van der Waals surface area (Å²) in [6.07, 6.45) is 0. The van der Waals surface area contributed by atoms with Gasteiger partial charge in [-0.05, 0) is 16.3 Å². The Morgan fingerprint density at radius 3 is 2.92 bits per heavy atom. The second-order valence-corrected chi connectivity index (χ2v) is 3.95. The first-order chi connectivity index (χ1) is 5.74. The molecule has 6 heteroatoms. The van der Waals surface area contributed by atoms with E-state index in [-0.39, 0.29) is 0 Å². The molecule has 68 valence electrons. The molecule has 12 heavy (non-hydrogen) atoms. The molecule has 0 fully saturated rings. The maximum atomic E-state index is 5.66. The monoisotopic (exact) mass is 206 g/mol. The lowest BCUT2D eigenvalue weighted by atomic mass is 10.3. The highest BCUT2D eigenvalue weighted by molar-refractivity contribution is 7.99. The minimum Gasteiger partial charge on any atom is -0.224 e. The summed E-state index contributed by atoms with van der Waals surface area (Å²) in [5.74, 6) is 2.13. The fourth-order valence-corrected chi connectivity index (χ4v) is 1.71. The van der Waals surface area contributed by atoms with E-state index in [0.29, 0.717) is 11.8 Å². The van der Waals surface area contributed by atoms with E-state index in [1.54, 1.807) is 16.4 Å². The van der Waals surface area contributed by atoms with Gasteiger partial charge >= 0.3 is 0 Å². The number of aromatic nitrogens is 4. The number of rotatable bonds is 4. The van der Waals surface area contributed by atoms with Crippen LogP contribution in [0, 0.1) is 5.92 Å². The summed E-state index contributed by atoms with van der Waals surface area (Å²) in [4.78, 5) is 0. The molecule has 0 amide bonds. The van der Waals surface area contributed by atoms with E-state index in [1.165, 1.54) is 0 Å². The number of hydrogen-bond donors (Lipinski definition) is 0. The number of aryl methyl sites for hydroxylation is 1. The van der Waals surface area contributed by atoms with Crippen molar-refractivity contribution in [1.82, 2.24) is 20.2 Å². The molecule has 1 aromatic rings. The minimum absolute atomic E-state index is 0.494. The number of halogens is 1. The van der Waals surface area contributed by atoms with Crippen LogP contribution in [0.2, 0.25) is 0 Å². The van der Waals surface area contributed by atoms with Crippen LogP contribution in [0.5, 0.6) is 0 Å². The zero-order valence-corrected chi connectivity index (χ0v) is 8.64. The van der Waals surface area contributed by atoms with Gasteiger partial charge in [-0.25, -0.2) is 4.68 Å². The summed E-state index contributed by atoms with van der Waals surface area (Å²) in [6, 6.07) is 0. The molecule has 0 aromatic carbocycles. The fourth-order valence-electron chi connectivity index (χ4n) is 0.605. The first-order valence-electron chi connectivity index (χ1n) is 3.65. The average molecular weight is 207 g/mol. The first kappa shape index (κ1) is 9.80. The van der Waals surface area contributed by atoms with Crippen molar-refractivity contribution in [1.29, 1.82) is 0 Å². The van der Waals surface area contributed by atoms with Gasteiger partial charge in [0.15, 0.2) is 0 Å². The topological polar surface area (TPSA) is 43.6 Å². The van der Waals surface area contributed by atoms with Crippen LogP contribution >= 0.6 is 23.4 Å². The Morgan fingerprint density at radius 1 is 1.67 bits per heavy atom. The van der Waals surface area contributed by atoms with Crippen molar-refractivity contribution in [3.05, 3.63) is 0 Å². The third kappa shape index (κ3) is 2.64. The first-order valence-corrected chi connectivity index (χ1v) is 5.17. The van der Waals surface area contributed by atoms with Crippen LogP contribution in [0.3, 0.4) is 0 Å². The van der Waals surface area contributed by atoms with Gasteiger partial charge in [-0.3, -0.25) is 0 Å². The van der Waals surface area contributed by atoms with E-state index >= 15 is 0 Å². The van der Waals surface area contributed by atoms with Crippen molar-refractivity contribution in [2.24, 2.45) is 13.0 Å². The van der Waals surface area contributed by atoms with Gasteiger partial charge in [0.25, 0.3) is 0 Å². The van der Waals surface area contributed by atoms with Crippen LogP contribution in [0.15, 0.2) is 5.16 Å². The Kier molecular flexibility index (Phi) is 3.81. The molecule has 1 aromatic heterocycles. The molecule has 1 atom stereocenters. The molecule has 0 N–H and O–H groups in total. The van der Waals surface area contributed by atoms with E-state index in [2.05, 4.69) is 22.4 Å². The van der Waals surface area contributed by atoms with Crippen LogP contribution < -0.4 is 0 Å². The van der Waals surface area contributed by atoms with Crippen LogP contribution in [-0.4, -0.2) is 31.8 Å². The molecule has 0 radical (unpaired) electrons. The number of thioether (sulfide) groups is 1. The lowest BCUT2D eigenvalue weighted by Gasteiger charge is -2.04. The molecule has 0 aliphatic heterocycles. The van der Waals surface area contributed by atoms with E-state index in [0.717, 1.165) is 10.9 Å². The Bertz CT molecular complexity index is 239. The average Bonchev–Trinajstić information content (AvgIpc) is 2.47.